The first-order valence-electron chi connectivity index (χ1n) is 6.48. The number of carbonyl (C=O) groups is 2. The number of hydrogen-bond acceptors (Lipinski definition) is 4. The van der Waals surface area contributed by atoms with Crippen molar-refractivity contribution in [2.75, 3.05) is 5.32 Å². The van der Waals surface area contributed by atoms with Crippen molar-refractivity contribution >= 4 is 28.5 Å². The molecule has 1 amide bonds. The van der Waals surface area contributed by atoms with E-state index in [1.807, 2.05) is 36.4 Å². The molecule has 1 aliphatic rings. The van der Waals surface area contributed by atoms with Crippen molar-refractivity contribution in [2.24, 2.45) is 0 Å². The third kappa shape index (κ3) is 2.86. The first kappa shape index (κ1) is 13.2. The van der Waals surface area contributed by atoms with E-state index in [0.29, 0.717) is 11.3 Å². The average molecular weight is 283 g/mol. The van der Waals surface area contributed by atoms with Crippen molar-refractivity contribution < 1.29 is 19.1 Å². The topological polar surface area (TPSA) is 64.6 Å². The molecule has 0 fully saturated rings. The molecule has 5 nitrogen and oxygen atoms in total. The molecule has 2 aromatic rings. The van der Waals surface area contributed by atoms with E-state index in [2.05, 4.69) is 5.32 Å². The van der Waals surface area contributed by atoms with Gasteiger partial charge in [0.2, 0.25) is 0 Å². The zero-order valence-electron chi connectivity index (χ0n) is 11.3. The maximum Gasteiger partial charge on any atom is 0.414 e. The van der Waals surface area contributed by atoms with Crippen molar-refractivity contribution in [2.45, 2.75) is 13.2 Å². The zero-order valence-corrected chi connectivity index (χ0v) is 11.3. The summed E-state index contributed by atoms with van der Waals surface area (Å²) in [6.45, 7) is 1.60. The summed E-state index contributed by atoms with van der Waals surface area (Å²) in [4.78, 5) is 22.9. The molecule has 0 radical (unpaired) electrons. The predicted octanol–water partition coefficient (Wildman–Crippen LogP) is 3.22. The number of anilines is 1. The van der Waals surface area contributed by atoms with Gasteiger partial charge in [-0.25, -0.2) is 9.59 Å². The SMILES string of the molecule is CC1=CC(OC(=O)Nc2ccc3ccccc3c2)OC1=O. The van der Waals surface area contributed by atoms with Crippen LogP contribution in [-0.4, -0.2) is 18.4 Å². The lowest BCUT2D eigenvalue weighted by Crippen LogP contribution is -2.22. The van der Waals surface area contributed by atoms with Crippen LogP contribution in [0.1, 0.15) is 6.92 Å². The van der Waals surface area contributed by atoms with Crippen LogP contribution >= 0.6 is 0 Å². The Labute approximate surface area is 121 Å². The summed E-state index contributed by atoms with van der Waals surface area (Å²) in [5.74, 6) is -0.474. The molecule has 2 aromatic carbocycles. The van der Waals surface area contributed by atoms with Crippen molar-refractivity contribution in [3.8, 4) is 0 Å². The minimum atomic E-state index is -0.960. The van der Waals surface area contributed by atoms with Gasteiger partial charge in [0.05, 0.1) is 0 Å². The summed E-state index contributed by atoms with van der Waals surface area (Å²) >= 11 is 0. The summed E-state index contributed by atoms with van der Waals surface area (Å²) in [6.07, 6.45) is -0.172. The summed E-state index contributed by atoms with van der Waals surface area (Å²) in [5, 5.41) is 4.70. The molecule has 0 spiro atoms. The minimum Gasteiger partial charge on any atom is -0.418 e. The number of esters is 1. The van der Waals surface area contributed by atoms with Gasteiger partial charge in [0.1, 0.15) is 0 Å². The highest BCUT2D eigenvalue weighted by molar-refractivity contribution is 5.92. The third-order valence-corrected chi connectivity index (χ3v) is 3.15. The van der Waals surface area contributed by atoms with E-state index in [4.69, 9.17) is 9.47 Å². The fourth-order valence-corrected chi connectivity index (χ4v) is 2.08. The summed E-state index contributed by atoms with van der Waals surface area (Å²) in [6, 6.07) is 13.4. The van der Waals surface area contributed by atoms with Gasteiger partial charge in [-0.3, -0.25) is 5.32 Å². The van der Waals surface area contributed by atoms with E-state index >= 15 is 0 Å². The van der Waals surface area contributed by atoms with E-state index < -0.39 is 18.4 Å². The molecule has 1 N–H and O–H groups in total. The molecule has 1 atom stereocenters. The molecular weight excluding hydrogens is 270 g/mol. The molecule has 1 heterocycles. The summed E-state index contributed by atoms with van der Waals surface area (Å²) < 4.78 is 9.84. The van der Waals surface area contributed by atoms with Gasteiger partial charge in [0.25, 0.3) is 6.29 Å². The summed E-state index contributed by atoms with van der Waals surface area (Å²) in [5.41, 5.74) is 1.04. The number of benzene rings is 2. The van der Waals surface area contributed by atoms with E-state index in [1.54, 1.807) is 13.0 Å². The Morgan fingerprint density at radius 3 is 2.67 bits per heavy atom. The molecule has 0 saturated carbocycles. The number of fused-ring (bicyclic) bond motifs is 1. The van der Waals surface area contributed by atoms with Crippen molar-refractivity contribution in [3.63, 3.8) is 0 Å². The maximum atomic E-state index is 11.8. The maximum absolute atomic E-state index is 11.8. The Bertz CT molecular complexity index is 751. The van der Waals surface area contributed by atoms with Crippen LogP contribution in [0.15, 0.2) is 54.1 Å². The third-order valence-electron chi connectivity index (χ3n) is 3.15. The van der Waals surface area contributed by atoms with Crippen LogP contribution in [0.5, 0.6) is 0 Å². The highest BCUT2D eigenvalue weighted by atomic mass is 16.7. The van der Waals surface area contributed by atoms with Crippen LogP contribution in [0.25, 0.3) is 10.8 Å². The monoisotopic (exact) mass is 283 g/mol. The lowest BCUT2D eigenvalue weighted by molar-refractivity contribution is -0.150. The molecule has 1 aliphatic heterocycles. The molecule has 0 aromatic heterocycles. The van der Waals surface area contributed by atoms with Crippen LogP contribution in [-0.2, 0) is 14.3 Å². The quantitative estimate of drug-likeness (QED) is 0.859. The van der Waals surface area contributed by atoms with E-state index in [1.165, 1.54) is 6.08 Å². The normalized spacial score (nSPS) is 17.3. The second-order valence-electron chi connectivity index (χ2n) is 4.72. The predicted molar refractivity (Wildman–Crippen MR) is 77.7 cm³/mol. The average Bonchev–Trinajstić information content (AvgIpc) is 2.77. The molecule has 21 heavy (non-hydrogen) atoms. The van der Waals surface area contributed by atoms with Crippen LogP contribution in [0, 0.1) is 0 Å². The number of ether oxygens (including phenoxy) is 2. The number of hydrogen-bond donors (Lipinski definition) is 1. The Kier molecular flexibility index (Phi) is 3.31. The fraction of sp³-hybridized carbons (Fsp3) is 0.125. The van der Waals surface area contributed by atoms with Crippen molar-refractivity contribution in [1.82, 2.24) is 0 Å². The first-order chi connectivity index (χ1) is 10.1. The summed E-state index contributed by atoms with van der Waals surface area (Å²) in [7, 11) is 0. The van der Waals surface area contributed by atoms with Gasteiger partial charge < -0.3 is 9.47 Å². The number of cyclic esters (lactones) is 1. The smallest absolute Gasteiger partial charge is 0.414 e. The molecule has 3 rings (SSSR count). The van der Waals surface area contributed by atoms with Gasteiger partial charge in [-0.2, -0.15) is 0 Å². The van der Waals surface area contributed by atoms with Crippen LogP contribution in [0.4, 0.5) is 10.5 Å². The Morgan fingerprint density at radius 2 is 1.95 bits per heavy atom. The Hall–Kier alpha value is -2.82. The fourth-order valence-electron chi connectivity index (χ4n) is 2.08. The number of carbonyl (C=O) groups excluding carboxylic acids is 2. The highest BCUT2D eigenvalue weighted by Crippen LogP contribution is 2.20. The van der Waals surface area contributed by atoms with Crippen LogP contribution < -0.4 is 5.32 Å². The lowest BCUT2D eigenvalue weighted by atomic mass is 10.1. The number of rotatable bonds is 2. The van der Waals surface area contributed by atoms with Gasteiger partial charge in [-0.1, -0.05) is 30.3 Å². The van der Waals surface area contributed by atoms with Gasteiger partial charge in [0.15, 0.2) is 0 Å². The Balaban J connectivity index is 1.67. The van der Waals surface area contributed by atoms with Crippen molar-refractivity contribution in [1.29, 1.82) is 0 Å². The number of nitrogens with one attached hydrogen (secondary N) is 1. The minimum absolute atomic E-state index is 0.429. The molecule has 5 heteroatoms. The molecule has 0 aliphatic carbocycles. The molecular formula is C16H13NO4. The van der Waals surface area contributed by atoms with Crippen LogP contribution in [0.3, 0.4) is 0 Å². The van der Waals surface area contributed by atoms with E-state index in [0.717, 1.165) is 10.8 Å². The molecule has 106 valence electrons. The first-order valence-corrected chi connectivity index (χ1v) is 6.48. The van der Waals surface area contributed by atoms with E-state index in [-0.39, 0.29) is 0 Å². The zero-order chi connectivity index (χ0) is 14.8. The second kappa shape index (κ2) is 5.28. The van der Waals surface area contributed by atoms with E-state index in [9.17, 15) is 9.59 Å². The Morgan fingerprint density at radius 1 is 1.19 bits per heavy atom. The second-order valence-corrected chi connectivity index (χ2v) is 4.72. The van der Waals surface area contributed by atoms with Gasteiger partial charge in [-0.05, 0) is 29.8 Å². The standard InChI is InChI=1S/C16H13NO4/c1-10-8-14(20-15(10)18)21-16(19)17-13-7-6-11-4-2-3-5-12(11)9-13/h2-9,14H,1H3,(H,17,19). The molecule has 0 saturated heterocycles. The molecule has 1 unspecified atom stereocenters. The molecule has 0 bridgehead atoms. The number of amides is 1. The van der Waals surface area contributed by atoms with Gasteiger partial charge >= 0.3 is 12.1 Å². The van der Waals surface area contributed by atoms with Crippen LogP contribution in [0.2, 0.25) is 0 Å². The van der Waals surface area contributed by atoms with Gasteiger partial charge in [0, 0.05) is 17.3 Å². The van der Waals surface area contributed by atoms with Gasteiger partial charge in [-0.15, -0.1) is 0 Å². The highest BCUT2D eigenvalue weighted by Gasteiger charge is 2.25. The largest absolute Gasteiger partial charge is 0.418 e. The lowest BCUT2D eigenvalue weighted by Gasteiger charge is -2.11. The van der Waals surface area contributed by atoms with Crippen molar-refractivity contribution in [3.05, 3.63) is 54.1 Å².